The lowest BCUT2D eigenvalue weighted by atomic mass is 10.0. The van der Waals surface area contributed by atoms with Gasteiger partial charge in [0, 0.05) is 25.7 Å². The van der Waals surface area contributed by atoms with Gasteiger partial charge in [0.05, 0.1) is 6.04 Å². The zero-order valence-electron chi connectivity index (χ0n) is 11.9. The van der Waals surface area contributed by atoms with Crippen molar-refractivity contribution >= 4 is 5.91 Å². The van der Waals surface area contributed by atoms with Gasteiger partial charge in [0.25, 0.3) is 0 Å². The predicted octanol–water partition coefficient (Wildman–Crippen LogP) is 1.22. The number of hydrogen-bond donors (Lipinski definition) is 1. The van der Waals surface area contributed by atoms with Crippen LogP contribution in [0.3, 0.4) is 0 Å². The summed E-state index contributed by atoms with van der Waals surface area (Å²) in [5, 5.41) is 3.51. The van der Waals surface area contributed by atoms with Crippen molar-refractivity contribution < 1.29 is 4.79 Å². The highest BCUT2D eigenvalue weighted by Gasteiger charge is 2.33. The van der Waals surface area contributed by atoms with Gasteiger partial charge in [-0.1, -0.05) is 6.42 Å². The number of likely N-dealkylation sites (tertiary alicyclic amines) is 2. The molecule has 0 radical (unpaired) electrons. The smallest absolute Gasteiger partial charge is 0.239 e. The molecule has 0 bridgehead atoms. The maximum atomic E-state index is 12.4. The van der Waals surface area contributed by atoms with Gasteiger partial charge in [0.2, 0.25) is 5.91 Å². The molecule has 4 heteroatoms. The van der Waals surface area contributed by atoms with Crippen LogP contribution >= 0.6 is 0 Å². The second-order valence-corrected chi connectivity index (χ2v) is 6.36. The first-order chi connectivity index (χ1) is 9.33. The molecule has 0 aromatic rings. The minimum Gasteiger partial charge on any atom is -0.340 e. The van der Waals surface area contributed by atoms with E-state index < -0.39 is 0 Å². The van der Waals surface area contributed by atoms with Gasteiger partial charge in [-0.2, -0.15) is 0 Å². The molecule has 2 aliphatic heterocycles. The van der Waals surface area contributed by atoms with Crippen molar-refractivity contribution in [2.75, 3.05) is 32.7 Å². The first kappa shape index (κ1) is 13.4. The van der Waals surface area contributed by atoms with E-state index in [9.17, 15) is 4.79 Å². The van der Waals surface area contributed by atoms with E-state index >= 15 is 0 Å². The van der Waals surface area contributed by atoms with Crippen LogP contribution in [-0.2, 0) is 4.79 Å². The van der Waals surface area contributed by atoms with E-state index in [4.69, 9.17) is 0 Å². The van der Waals surface area contributed by atoms with E-state index in [-0.39, 0.29) is 6.04 Å². The monoisotopic (exact) mass is 265 g/mol. The van der Waals surface area contributed by atoms with Crippen LogP contribution in [0.2, 0.25) is 0 Å². The highest BCUT2D eigenvalue weighted by Crippen LogP contribution is 2.22. The standard InChI is InChI=1S/C15H27N3O/c19-15-14(16-13-6-7-13)5-4-10-18(15)12-11-17-8-2-1-3-9-17/h13-14,16H,1-12H2. The SMILES string of the molecule is O=C1C(NC2CC2)CCCN1CCN1CCCCC1. The third kappa shape index (κ3) is 3.69. The van der Waals surface area contributed by atoms with Crippen molar-refractivity contribution in [3.05, 3.63) is 0 Å². The van der Waals surface area contributed by atoms with Crippen LogP contribution in [0.1, 0.15) is 44.9 Å². The van der Waals surface area contributed by atoms with Crippen LogP contribution in [0, 0.1) is 0 Å². The van der Waals surface area contributed by atoms with Crippen LogP contribution in [0.4, 0.5) is 0 Å². The van der Waals surface area contributed by atoms with E-state index in [2.05, 4.69) is 15.1 Å². The summed E-state index contributed by atoms with van der Waals surface area (Å²) in [6, 6.07) is 0.749. The van der Waals surface area contributed by atoms with Gasteiger partial charge in [-0.25, -0.2) is 0 Å². The van der Waals surface area contributed by atoms with Crippen molar-refractivity contribution in [1.82, 2.24) is 15.1 Å². The number of carbonyl (C=O) groups is 1. The van der Waals surface area contributed by atoms with Gasteiger partial charge in [0.15, 0.2) is 0 Å². The minimum absolute atomic E-state index is 0.114. The molecule has 108 valence electrons. The molecule has 1 amide bonds. The van der Waals surface area contributed by atoms with E-state index in [0.717, 1.165) is 32.5 Å². The summed E-state index contributed by atoms with van der Waals surface area (Å²) in [4.78, 5) is 17.0. The number of amides is 1. The Balaban J connectivity index is 1.44. The van der Waals surface area contributed by atoms with E-state index in [1.165, 1.54) is 45.2 Å². The Bertz CT molecular complexity index is 311. The maximum absolute atomic E-state index is 12.4. The summed E-state index contributed by atoms with van der Waals surface area (Å²) < 4.78 is 0. The summed E-state index contributed by atoms with van der Waals surface area (Å²) in [5.41, 5.74) is 0. The summed E-state index contributed by atoms with van der Waals surface area (Å²) in [6.07, 6.45) is 8.77. The van der Waals surface area contributed by atoms with Crippen LogP contribution in [0.25, 0.3) is 0 Å². The molecule has 2 saturated heterocycles. The van der Waals surface area contributed by atoms with Crippen molar-refractivity contribution in [2.45, 2.75) is 57.0 Å². The number of rotatable bonds is 5. The maximum Gasteiger partial charge on any atom is 0.239 e. The van der Waals surface area contributed by atoms with E-state index in [1.54, 1.807) is 0 Å². The van der Waals surface area contributed by atoms with E-state index in [1.807, 2.05) is 0 Å². The number of nitrogens with one attached hydrogen (secondary N) is 1. The Kier molecular flexibility index (Phi) is 4.38. The van der Waals surface area contributed by atoms with Crippen LogP contribution < -0.4 is 5.32 Å². The molecule has 3 rings (SSSR count). The zero-order valence-corrected chi connectivity index (χ0v) is 11.9. The van der Waals surface area contributed by atoms with Gasteiger partial charge in [-0.3, -0.25) is 4.79 Å². The van der Waals surface area contributed by atoms with Gasteiger partial charge in [-0.05, 0) is 51.6 Å². The number of nitrogens with zero attached hydrogens (tertiary/aromatic N) is 2. The molecular weight excluding hydrogens is 238 g/mol. The predicted molar refractivity (Wildman–Crippen MR) is 76.1 cm³/mol. The molecule has 19 heavy (non-hydrogen) atoms. The highest BCUT2D eigenvalue weighted by atomic mass is 16.2. The molecular formula is C15H27N3O. The van der Waals surface area contributed by atoms with Crippen molar-refractivity contribution in [1.29, 1.82) is 0 Å². The fraction of sp³-hybridized carbons (Fsp3) is 0.933. The molecule has 1 saturated carbocycles. The van der Waals surface area contributed by atoms with E-state index in [0.29, 0.717) is 11.9 Å². The van der Waals surface area contributed by atoms with Crippen LogP contribution in [0.15, 0.2) is 0 Å². The molecule has 1 atom stereocenters. The lowest BCUT2D eigenvalue weighted by Crippen LogP contribution is -2.53. The molecule has 0 aromatic carbocycles. The summed E-state index contributed by atoms with van der Waals surface area (Å²) in [5.74, 6) is 0.357. The topological polar surface area (TPSA) is 35.6 Å². The third-order valence-electron chi connectivity index (χ3n) is 4.68. The Morgan fingerprint density at radius 1 is 0.947 bits per heavy atom. The Morgan fingerprint density at radius 3 is 2.47 bits per heavy atom. The molecule has 0 spiro atoms. The van der Waals surface area contributed by atoms with Crippen molar-refractivity contribution in [3.63, 3.8) is 0 Å². The molecule has 0 aromatic heterocycles. The highest BCUT2D eigenvalue weighted by molar-refractivity contribution is 5.82. The quantitative estimate of drug-likeness (QED) is 0.812. The normalized spacial score (nSPS) is 29.8. The lowest BCUT2D eigenvalue weighted by molar-refractivity contribution is -0.136. The summed E-state index contributed by atoms with van der Waals surface area (Å²) in [7, 11) is 0. The molecule has 2 heterocycles. The Labute approximate surface area is 116 Å². The molecule has 1 N–H and O–H groups in total. The van der Waals surface area contributed by atoms with Gasteiger partial charge < -0.3 is 15.1 Å². The fourth-order valence-electron chi connectivity index (χ4n) is 3.30. The molecule has 3 aliphatic rings. The second kappa shape index (κ2) is 6.23. The Morgan fingerprint density at radius 2 is 1.74 bits per heavy atom. The third-order valence-corrected chi connectivity index (χ3v) is 4.68. The van der Waals surface area contributed by atoms with Gasteiger partial charge in [0.1, 0.15) is 0 Å². The average molecular weight is 265 g/mol. The minimum atomic E-state index is 0.114. The molecule has 4 nitrogen and oxygen atoms in total. The van der Waals surface area contributed by atoms with Crippen molar-refractivity contribution in [2.24, 2.45) is 0 Å². The zero-order chi connectivity index (χ0) is 13.1. The number of hydrogen-bond acceptors (Lipinski definition) is 3. The van der Waals surface area contributed by atoms with Gasteiger partial charge >= 0.3 is 0 Å². The second-order valence-electron chi connectivity index (χ2n) is 6.36. The van der Waals surface area contributed by atoms with Crippen LogP contribution in [-0.4, -0.2) is 60.5 Å². The average Bonchev–Trinajstić information content (AvgIpc) is 3.25. The van der Waals surface area contributed by atoms with Gasteiger partial charge in [-0.15, -0.1) is 0 Å². The molecule has 3 fully saturated rings. The lowest BCUT2D eigenvalue weighted by Gasteiger charge is -2.35. The first-order valence-electron chi connectivity index (χ1n) is 8.10. The van der Waals surface area contributed by atoms with Crippen molar-refractivity contribution in [3.8, 4) is 0 Å². The van der Waals surface area contributed by atoms with Crippen LogP contribution in [0.5, 0.6) is 0 Å². The molecule has 1 aliphatic carbocycles. The first-order valence-corrected chi connectivity index (χ1v) is 8.10. The number of carbonyl (C=O) groups excluding carboxylic acids is 1. The summed E-state index contributed by atoms with van der Waals surface area (Å²) in [6.45, 7) is 5.43. The fourth-order valence-corrected chi connectivity index (χ4v) is 3.30. The Hall–Kier alpha value is -0.610. The molecule has 1 unspecified atom stereocenters. The summed E-state index contributed by atoms with van der Waals surface area (Å²) >= 11 is 0. The largest absolute Gasteiger partial charge is 0.340 e. The number of piperidine rings is 2.